The van der Waals surface area contributed by atoms with Gasteiger partial charge in [0.2, 0.25) is 0 Å². The molecule has 0 amide bonds. The summed E-state index contributed by atoms with van der Waals surface area (Å²) in [6.07, 6.45) is 0. The SMILES string of the molecule is COc1cc(NC(CN)c2ccc(Br)o2)ccc1F. The lowest BCUT2D eigenvalue weighted by molar-refractivity contribution is 0.386. The molecule has 0 aliphatic rings. The minimum atomic E-state index is -0.405. The highest BCUT2D eigenvalue weighted by atomic mass is 79.9. The van der Waals surface area contributed by atoms with Crippen LogP contribution in [0.2, 0.25) is 0 Å². The molecule has 2 aromatic rings. The van der Waals surface area contributed by atoms with Crippen molar-refractivity contribution in [3.05, 3.63) is 46.6 Å². The van der Waals surface area contributed by atoms with Crippen LogP contribution in [0.5, 0.6) is 5.75 Å². The summed E-state index contributed by atoms with van der Waals surface area (Å²) in [6, 6.07) is 7.98. The van der Waals surface area contributed by atoms with Crippen LogP contribution in [-0.4, -0.2) is 13.7 Å². The topological polar surface area (TPSA) is 60.4 Å². The lowest BCUT2D eigenvalue weighted by atomic mass is 10.2. The molecule has 19 heavy (non-hydrogen) atoms. The van der Waals surface area contributed by atoms with E-state index in [1.807, 2.05) is 6.07 Å². The number of furan rings is 1. The number of nitrogens with two attached hydrogens (primary N) is 1. The summed E-state index contributed by atoms with van der Waals surface area (Å²) in [5, 5.41) is 3.17. The third kappa shape index (κ3) is 3.27. The van der Waals surface area contributed by atoms with Gasteiger partial charge in [0, 0.05) is 18.3 Å². The second-order valence-electron chi connectivity index (χ2n) is 3.92. The highest BCUT2D eigenvalue weighted by Gasteiger charge is 2.14. The number of ether oxygens (including phenoxy) is 1. The lowest BCUT2D eigenvalue weighted by Crippen LogP contribution is -2.20. The van der Waals surface area contributed by atoms with Crippen LogP contribution in [0.1, 0.15) is 11.8 Å². The van der Waals surface area contributed by atoms with E-state index in [1.54, 1.807) is 18.2 Å². The Morgan fingerprint density at radius 3 is 2.79 bits per heavy atom. The van der Waals surface area contributed by atoms with Crippen molar-refractivity contribution >= 4 is 21.6 Å². The molecule has 3 N–H and O–H groups in total. The number of hydrogen-bond donors (Lipinski definition) is 2. The molecular weight excluding hydrogens is 315 g/mol. The molecule has 6 heteroatoms. The molecule has 0 aliphatic heterocycles. The summed E-state index contributed by atoms with van der Waals surface area (Å²) < 4.78 is 24.3. The van der Waals surface area contributed by atoms with Crippen LogP contribution in [0.25, 0.3) is 0 Å². The molecule has 0 spiro atoms. The van der Waals surface area contributed by atoms with Crippen molar-refractivity contribution in [1.29, 1.82) is 0 Å². The predicted octanol–water partition coefficient (Wildman–Crippen LogP) is 3.30. The van der Waals surface area contributed by atoms with Crippen LogP contribution < -0.4 is 15.8 Å². The van der Waals surface area contributed by atoms with E-state index in [9.17, 15) is 4.39 Å². The Morgan fingerprint density at radius 1 is 1.42 bits per heavy atom. The van der Waals surface area contributed by atoms with Gasteiger partial charge >= 0.3 is 0 Å². The second-order valence-corrected chi connectivity index (χ2v) is 4.71. The molecule has 1 atom stereocenters. The number of anilines is 1. The number of nitrogens with one attached hydrogen (secondary N) is 1. The van der Waals surface area contributed by atoms with Crippen molar-refractivity contribution in [3.63, 3.8) is 0 Å². The first-order chi connectivity index (χ1) is 9.13. The second kappa shape index (κ2) is 6.08. The largest absolute Gasteiger partial charge is 0.494 e. The molecule has 0 bridgehead atoms. The van der Waals surface area contributed by atoms with Gasteiger partial charge in [-0.25, -0.2) is 4.39 Å². The molecule has 0 fully saturated rings. The van der Waals surface area contributed by atoms with Gasteiger partial charge in [0.1, 0.15) is 5.76 Å². The number of benzene rings is 1. The van der Waals surface area contributed by atoms with Crippen molar-refractivity contribution < 1.29 is 13.5 Å². The normalized spacial score (nSPS) is 12.2. The molecule has 2 rings (SSSR count). The molecule has 0 radical (unpaired) electrons. The highest BCUT2D eigenvalue weighted by molar-refractivity contribution is 9.10. The summed E-state index contributed by atoms with van der Waals surface area (Å²) >= 11 is 3.24. The maximum Gasteiger partial charge on any atom is 0.169 e. The van der Waals surface area contributed by atoms with E-state index in [1.165, 1.54) is 13.2 Å². The number of methoxy groups -OCH3 is 1. The van der Waals surface area contributed by atoms with Crippen LogP contribution in [-0.2, 0) is 0 Å². The Hall–Kier alpha value is -1.53. The first-order valence-corrected chi connectivity index (χ1v) is 6.48. The zero-order chi connectivity index (χ0) is 13.8. The summed E-state index contributed by atoms with van der Waals surface area (Å²) in [5.41, 5.74) is 6.43. The van der Waals surface area contributed by atoms with E-state index in [-0.39, 0.29) is 11.8 Å². The van der Waals surface area contributed by atoms with Crippen molar-refractivity contribution in [2.75, 3.05) is 19.0 Å². The first kappa shape index (κ1) is 13.9. The molecule has 4 nitrogen and oxygen atoms in total. The van der Waals surface area contributed by atoms with Crippen LogP contribution in [0.4, 0.5) is 10.1 Å². The molecular formula is C13H14BrFN2O2. The smallest absolute Gasteiger partial charge is 0.169 e. The molecule has 1 aromatic heterocycles. The van der Waals surface area contributed by atoms with Gasteiger partial charge in [0.15, 0.2) is 16.2 Å². The zero-order valence-corrected chi connectivity index (χ0v) is 11.9. The number of rotatable bonds is 5. The van der Waals surface area contributed by atoms with E-state index in [4.69, 9.17) is 14.9 Å². The zero-order valence-electron chi connectivity index (χ0n) is 10.3. The van der Waals surface area contributed by atoms with Gasteiger partial charge in [0.25, 0.3) is 0 Å². The van der Waals surface area contributed by atoms with Gasteiger partial charge in [-0.3, -0.25) is 0 Å². The minimum Gasteiger partial charge on any atom is -0.494 e. The standard InChI is InChI=1S/C13H14BrFN2O2/c1-18-12-6-8(2-3-9(12)15)17-10(7-16)11-4-5-13(14)19-11/h2-6,10,17H,7,16H2,1H3. The van der Waals surface area contributed by atoms with E-state index < -0.39 is 5.82 Å². The van der Waals surface area contributed by atoms with Crippen molar-refractivity contribution in [2.45, 2.75) is 6.04 Å². The van der Waals surface area contributed by atoms with Crippen molar-refractivity contribution in [1.82, 2.24) is 0 Å². The number of halogens is 2. The third-order valence-corrected chi connectivity index (χ3v) is 3.09. The fourth-order valence-electron chi connectivity index (χ4n) is 1.71. The number of hydrogen-bond acceptors (Lipinski definition) is 4. The minimum absolute atomic E-state index is 0.182. The van der Waals surface area contributed by atoms with E-state index in [2.05, 4.69) is 21.2 Å². The van der Waals surface area contributed by atoms with Crippen molar-refractivity contribution in [2.24, 2.45) is 5.73 Å². The molecule has 0 saturated carbocycles. The van der Waals surface area contributed by atoms with Gasteiger partial charge in [-0.15, -0.1) is 0 Å². The summed E-state index contributed by atoms with van der Waals surface area (Å²) in [7, 11) is 1.42. The predicted molar refractivity (Wildman–Crippen MR) is 74.8 cm³/mol. The molecule has 0 aliphatic carbocycles. The van der Waals surface area contributed by atoms with Gasteiger partial charge < -0.3 is 20.2 Å². The van der Waals surface area contributed by atoms with Crippen LogP contribution in [0.15, 0.2) is 39.4 Å². The average Bonchev–Trinajstić information content (AvgIpc) is 2.84. The van der Waals surface area contributed by atoms with Gasteiger partial charge in [-0.05, 0) is 40.2 Å². The van der Waals surface area contributed by atoms with Crippen LogP contribution in [0, 0.1) is 5.82 Å². The van der Waals surface area contributed by atoms with E-state index >= 15 is 0 Å². The van der Waals surface area contributed by atoms with Gasteiger partial charge in [-0.2, -0.15) is 0 Å². The fraction of sp³-hybridized carbons (Fsp3) is 0.231. The average molecular weight is 329 g/mol. The molecule has 102 valence electrons. The summed E-state index contributed by atoms with van der Waals surface area (Å²) in [6.45, 7) is 0.347. The molecule has 0 saturated heterocycles. The Kier molecular flexibility index (Phi) is 4.44. The molecule has 1 aromatic carbocycles. The first-order valence-electron chi connectivity index (χ1n) is 5.69. The van der Waals surface area contributed by atoms with E-state index in [0.29, 0.717) is 22.7 Å². The summed E-state index contributed by atoms with van der Waals surface area (Å²) in [5.74, 6) is 0.483. The highest BCUT2D eigenvalue weighted by Crippen LogP contribution is 2.26. The fourth-order valence-corrected chi connectivity index (χ4v) is 2.03. The maximum atomic E-state index is 13.3. The van der Waals surface area contributed by atoms with E-state index in [0.717, 1.165) is 0 Å². The Labute approximate surface area is 118 Å². The Bertz CT molecular complexity index is 559. The molecule has 1 heterocycles. The summed E-state index contributed by atoms with van der Waals surface area (Å²) in [4.78, 5) is 0. The molecule has 1 unspecified atom stereocenters. The Morgan fingerprint density at radius 2 is 2.21 bits per heavy atom. The maximum absolute atomic E-state index is 13.3. The lowest BCUT2D eigenvalue weighted by Gasteiger charge is -2.16. The quantitative estimate of drug-likeness (QED) is 0.884. The third-order valence-electron chi connectivity index (χ3n) is 2.67. The van der Waals surface area contributed by atoms with Gasteiger partial charge in [0.05, 0.1) is 13.2 Å². The van der Waals surface area contributed by atoms with Gasteiger partial charge in [-0.1, -0.05) is 0 Å². The van der Waals surface area contributed by atoms with Crippen molar-refractivity contribution in [3.8, 4) is 5.75 Å². The monoisotopic (exact) mass is 328 g/mol. The van der Waals surface area contributed by atoms with Crippen LogP contribution in [0.3, 0.4) is 0 Å². The van der Waals surface area contributed by atoms with Crippen LogP contribution >= 0.6 is 15.9 Å². The Balaban J connectivity index is 2.18.